The van der Waals surface area contributed by atoms with Crippen molar-refractivity contribution in [1.29, 1.82) is 0 Å². The molecule has 0 bridgehead atoms. The van der Waals surface area contributed by atoms with E-state index in [2.05, 4.69) is 20.3 Å². The zero-order valence-corrected chi connectivity index (χ0v) is 19.7. The lowest BCUT2D eigenvalue weighted by Gasteiger charge is -2.31. The first-order valence-corrected chi connectivity index (χ1v) is 11.7. The summed E-state index contributed by atoms with van der Waals surface area (Å²) in [5.41, 5.74) is 3.74. The Labute approximate surface area is 201 Å². The minimum atomic E-state index is -0.676. The third-order valence-corrected chi connectivity index (χ3v) is 6.56. The van der Waals surface area contributed by atoms with Gasteiger partial charge in [0.25, 0.3) is 0 Å². The number of benzene rings is 1. The van der Waals surface area contributed by atoms with Gasteiger partial charge < -0.3 is 5.11 Å². The second-order valence-corrected chi connectivity index (χ2v) is 9.36. The van der Waals surface area contributed by atoms with Gasteiger partial charge in [-0.25, -0.2) is 13.8 Å². The van der Waals surface area contributed by atoms with Crippen molar-refractivity contribution in [2.75, 3.05) is 0 Å². The van der Waals surface area contributed by atoms with Crippen LogP contribution in [0.25, 0.3) is 22.5 Å². The van der Waals surface area contributed by atoms with Crippen LogP contribution in [0.3, 0.4) is 0 Å². The van der Waals surface area contributed by atoms with Gasteiger partial charge in [-0.05, 0) is 42.5 Å². The summed E-state index contributed by atoms with van der Waals surface area (Å²) in [7, 11) is 0. The Balaban J connectivity index is 1.47. The van der Waals surface area contributed by atoms with Crippen LogP contribution in [0, 0.1) is 11.6 Å². The number of aromatic nitrogens is 6. The molecule has 0 amide bonds. The SMILES string of the molecule is CC(C)c1cc(-c2c(F)cccc2F)nnc1C(C)c1cncc(-c2cnn([C@H]3C[C@H](O)C3)c2)n1. The molecule has 9 heteroatoms. The number of hydrogen-bond donors (Lipinski definition) is 1. The maximum Gasteiger partial charge on any atom is 0.135 e. The van der Waals surface area contributed by atoms with Gasteiger partial charge in [0.2, 0.25) is 0 Å². The van der Waals surface area contributed by atoms with Crippen molar-refractivity contribution in [3.05, 3.63) is 77.6 Å². The summed E-state index contributed by atoms with van der Waals surface area (Å²) >= 11 is 0. The molecule has 1 unspecified atom stereocenters. The van der Waals surface area contributed by atoms with Gasteiger partial charge in [0.1, 0.15) is 11.6 Å². The summed E-state index contributed by atoms with van der Waals surface area (Å²) < 4.78 is 30.6. The first-order chi connectivity index (χ1) is 16.8. The molecule has 1 saturated carbocycles. The van der Waals surface area contributed by atoms with E-state index in [-0.39, 0.29) is 35.2 Å². The minimum absolute atomic E-state index is 0.0451. The minimum Gasteiger partial charge on any atom is -0.393 e. The predicted octanol–water partition coefficient (Wildman–Crippen LogP) is 5.05. The van der Waals surface area contributed by atoms with Gasteiger partial charge in [0.05, 0.1) is 52.9 Å². The van der Waals surface area contributed by atoms with E-state index in [0.29, 0.717) is 29.9 Å². The molecular weight excluding hydrogens is 450 g/mol. The molecule has 4 aromatic rings. The lowest BCUT2D eigenvalue weighted by Crippen LogP contribution is -2.30. The van der Waals surface area contributed by atoms with Gasteiger partial charge in [-0.2, -0.15) is 15.3 Å². The summed E-state index contributed by atoms with van der Waals surface area (Å²) in [5.74, 6) is -1.55. The van der Waals surface area contributed by atoms with Crippen molar-refractivity contribution in [2.45, 2.75) is 57.6 Å². The van der Waals surface area contributed by atoms with E-state index in [9.17, 15) is 13.9 Å². The van der Waals surface area contributed by atoms with Crippen molar-refractivity contribution >= 4 is 0 Å². The second-order valence-electron chi connectivity index (χ2n) is 9.36. The molecule has 1 aliphatic carbocycles. The van der Waals surface area contributed by atoms with Crippen LogP contribution in [-0.4, -0.2) is 41.2 Å². The van der Waals surface area contributed by atoms with Gasteiger partial charge in [-0.3, -0.25) is 9.67 Å². The highest BCUT2D eigenvalue weighted by atomic mass is 19.1. The topological polar surface area (TPSA) is 89.6 Å². The Bertz CT molecular complexity index is 1350. The van der Waals surface area contributed by atoms with Crippen LogP contribution in [0.1, 0.15) is 68.4 Å². The van der Waals surface area contributed by atoms with E-state index < -0.39 is 11.6 Å². The fraction of sp³-hybridized carbons (Fsp3) is 0.346. The molecule has 1 fully saturated rings. The maximum absolute atomic E-state index is 14.4. The predicted molar refractivity (Wildman–Crippen MR) is 127 cm³/mol. The average molecular weight is 477 g/mol. The van der Waals surface area contributed by atoms with Crippen molar-refractivity contribution in [2.24, 2.45) is 0 Å². The van der Waals surface area contributed by atoms with Gasteiger partial charge in [0.15, 0.2) is 0 Å². The van der Waals surface area contributed by atoms with E-state index >= 15 is 0 Å². The molecule has 0 spiro atoms. The molecule has 0 radical (unpaired) electrons. The third-order valence-electron chi connectivity index (χ3n) is 6.56. The molecule has 1 aromatic carbocycles. The van der Waals surface area contributed by atoms with Crippen molar-refractivity contribution in [3.63, 3.8) is 0 Å². The zero-order chi connectivity index (χ0) is 24.7. The van der Waals surface area contributed by atoms with Gasteiger partial charge in [-0.1, -0.05) is 26.8 Å². The van der Waals surface area contributed by atoms with E-state index in [0.717, 1.165) is 11.1 Å². The number of aliphatic hydroxyl groups is 1. The first kappa shape index (κ1) is 23.2. The van der Waals surface area contributed by atoms with E-state index in [4.69, 9.17) is 4.98 Å². The Morgan fingerprint density at radius 2 is 1.74 bits per heavy atom. The molecule has 3 aromatic heterocycles. The average Bonchev–Trinajstić information content (AvgIpc) is 3.31. The number of hydrogen-bond acceptors (Lipinski definition) is 6. The number of rotatable bonds is 6. The molecule has 0 saturated heterocycles. The van der Waals surface area contributed by atoms with Gasteiger partial charge >= 0.3 is 0 Å². The Morgan fingerprint density at radius 3 is 2.43 bits per heavy atom. The fourth-order valence-electron chi connectivity index (χ4n) is 4.39. The molecule has 1 N–H and O–H groups in total. The normalized spacial score (nSPS) is 18.5. The Kier molecular flexibility index (Phi) is 6.10. The van der Waals surface area contributed by atoms with Crippen LogP contribution in [-0.2, 0) is 0 Å². The highest BCUT2D eigenvalue weighted by Gasteiger charge is 2.29. The number of halogens is 2. The molecule has 0 aliphatic heterocycles. The smallest absolute Gasteiger partial charge is 0.135 e. The van der Waals surface area contributed by atoms with E-state index in [1.165, 1.54) is 18.2 Å². The van der Waals surface area contributed by atoms with Crippen molar-refractivity contribution in [3.8, 4) is 22.5 Å². The van der Waals surface area contributed by atoms with Crippen molar-refractivity contribution < 1.29 is 13.9 Å². The number of aliphatic hydroxyl groups excluding tert-OH is 1. The van der Waals surface area contributed by atoms with Gasteiger partial charge in [0, 0.05) is 23.9 Å². The highest BCUT2D eigenvalue weighted by Crippen LogP contribution is 2.34. The molecule has 35 heavy (non-hydrogen) atoms. The molecule has 7 nitrogen and oxygen atoms in total. The standard InChI is InChI=1S/C26H26F2N6O/c1-14(2)19-9-22(25-20(27)5-4-6-21(25)28)32-33-26(19)15(3)23-11-29-12-24(31-23)16-10-30-34(13-16)17-7-18(35)8-17/h4-6,9-15,17-18,35H,7-8H2,1-3H3/t15?,17-,18-. The molecule has 1 aliphatic rings. The van der Waals surface area contributed by atoms with Crippen LogP contribution in [0.5, 0.6) is 0 Å². The summed E-state index contributed by atoms with van der Waals surface area (Å²) in [6, 6.07) is 5.66. The lowest BCUT2D eigenvalue weighted by atomic mass is 9.90. The molecular formula is C26H26F2N6O. The van der Waals surface area contributed by atoms with Crippen LogP contribution in [0.15, 0.2) is 49.1 Å². The van der Waals surface area contributed by atoms with Crippen LogP contribution >= 0.6 is 0 Å². The van der Waals surface area contributed by atoms with E-state index in [1.54, 1.807) is 24.7 Å². The van der Waals surface area contributed by atoms with Crippen LogP contribution in [0.4, 0.5) is 8.78 Å². The largest absolute Gasteiger partial charge is 0.393 e. The second kappa shape index (κ2) is 9.22. The Hall–Kier alpha value is -3.59. The summed E-state index contributed by atoms with van der Waals surface area (Å²) in [4.78, 5) is 9.19. The van der Waals surface area contributed by atoms with E-state index in [1.807, 2.05) is 31.6 Å². The summed E-state index contributed by atoms with van der Waals surface area (Å²) in [6.45, 7) is 5.97. The Morgan fingerprint density at radius 1 is 1.00 bits per heavy atom. The number of nitrogens with zero attached hydrogens (tertiary/aromatic N) is 6. The summed E-state index contributed by atoms with van der Waals surface area (Å²) in [6.07, 6.45) is 8.20. The molecule has 5 rings (SSSR count). The van der Waals surface area contributed by atoms with Crippen molar-refractivity contribution in [1.82, 2.24) is 29.9 Å². The fourth-order valence-corrected chi connectivity index (χ4v) is 4.39. The zero-order valence-electron chi connectivity index (χ0n) is 19.7. The van der Waals surface area contributed by atoms with Gasteiger partial charge in [-0.15, -0.1) is 0 Å². The monoisotopic (exact) mass is 476 g/mol. The molecule has 180 valence electrons. The first-order valence-electron chi connectivity index (χ1n) is 11.7. The van der Waals surface area contributed by atoms with Crippen LogP contribution in [0.2, 0.25) is 0 Å². The molecule has 3 heterocycles. The third kappa shape index (κ3) is 4.43. The van der Waals surface area contributed by atoms with Crippen LogP contribution < -0.4 is 0 Å². The quantitative estimate of drug-likeness (QED) is 0.419. The maximum atomic E-state index is 14.4. The highest BCUT2D eigenvalue weighted by molar-refractivity contribution is 5.62. The summed E-state index contributed by atoms with van der Waals surface area (Å²) in [5, 5.41) is 22.6. The lowest BCUT2D eigenvalue weighted by molar-refractivity contribution is 0.0434. The molecule has 1 atom stereocenters.